The largest absolute Gasteiger partial charge is 0.315 e. The molecule has 1 fully saturated rings. The standard InChI is InChI=1S/C12H26N2/c1-6-10(2)14-9-12(4,5)8-13-7-11(14)3/h10-11,13H,6-9H2,1-5H3. The zero-order valence-electron chi connectivity index (χ0n) is 10.4. The van der Waals surface area contributed by atoms with Crippen molar-refractivity contribution in [1.82, 2.24) is 10.2 Å². The molecule has 0 radical (unpaired) electrons. The minimum absolute atomic E-state index is 0.411. The molecule has 0 spiro atoms. The Hall–Kier alpha value is -0.0800. The molecule has 1 aliphatic rings. The van der Waals surface area contributed by atoms with Crippen molar-refractivity contribution in [3.05, 3.63) is 0 Å². The van der Waals surface area contributed by atoms with Crippen molar-refractivity contribution in [3.8, 4) is 0 Å². The summed E-state index contributed by atoms with van der Waals surface area (Å²) >= 11 is 0. The lowest BCUT2D eigenvalue weighted by molar-refractivity contribution is 0.118. The Kier molecular flexibility index (Phi) is 3.96. The van der Waals surface area contributed by atoms with Gasteiger partial charge in [-0.2, -0.15) is 0 Å². The molecule has 0 saturated carbocycles. The summed E-state index contributed by atoms with van der Waals surface area (Å²) in [6, 6.07) is 1.39. The van der Waals surface area contributed by atoms with Crippen LogP contribution >= 0.6 is 0 Å². The van der Waals surface area contributed by atoms with Crippen molar-refractivity contribution in [2.45, 2.75) is 53.1 Å². The molecule has 2 nitrogen and oxygen atoms in total. The van der Waals surface area contributed by atoms with E-state index in [9.17, 15) is 0 Å². The van der Waals surface area contributed by atoms with E-state index in [0.717, 1.165) is 13.1 Å². The fourth-order valence-corrected chi connectivity index (χ4v) is 2.27. The molecule has 0 aliphatic carbocycles. The van der Waals surface area contributed by atoms with E-state index in [2.05, 4.69) is 44.8 Å². The summed E-state index contributed by atoms with van der Waals surface area (Å²) in [5.41, 5.74) is 0.411. The van der Waals surface area contributed by atoms with E-state index < -0.39 is 0 Å². The van der Waals surface area contributed by atoms with Crippen molar-refractivity contribution in [1.29, 1.82) is 0 Å². The van der Waals surface area contributed by atoms with Crippen molar-refractivity contribution >= 4 is 0 Å². The fourth-order valence-electron chi connectivity index (χ4n) is 2.27. The van der Waals surface area contributed by atoms with Crippen LogP contribution in [0.1, 0.15) is 41.0 Å². The number of nitrogens with zero attached hydrogens (tertiary/aromatic N) is 1. The Morgan fingerprint density at radius 1 is 1.50 bits per heavy atom. The molecule has 0 aromatic carbocycles. The highest BCUT2D eigenvalue weighted by Crippen LogP contribution is 2.22. The van der Waals surface area contributed by atoms with Crippen LogP contribution in [0.3, 0.4) is 0 Å². The van der Waals surface area contributed by atoms with Gasteiger partial charge in [-0.1, -0.05) is 20.8 Å². The van der Waals surface area contributed by atoms with Gasteiger partial charge in [-0.05, 0) is 25.7 Å². The molecule has 1 aliphatic heterocycles. The predicted octanol–water partition coefficient (Wildman–Crippen LogP) is 2.10. The number of hydrogen-bond donors (Lipinski definition) is 1. The summed E-state index contributed by atoms with van der Waals surface area (Å²) in [7, 11) is 0. The van der Waals surface area contributed by atoms with Crippen molar-refractivity contribution in [3.63, 3.8) is 0 Å². The van der Waals surface area contributed by atoms with Gasteiger partial charge < -0.3 is 5.32 Å². The maximum atomic E-state index is 3.55. The van der Waals surface area contributed by atoms with Crippen LogP contribution in [-0.4, -0.2) is 36.6 Å². The molecule has 2 unspecified atom stereocenters. The molecule has 1 saturated heterocycles. The summed E-state index contributed by atoms with van der Waals surface area (Å²) in [4.78, 5) is 2.65. The van der Waals surface area contributed by atoms with E-state index in [1.165, 1.54) is 13.0 Å². The Morgan fingerprint density at radius 2 is 2.14 bits per heavy atom. The summed E-state index contributed by atoms with van der Waals surface area (Å²) in [5.74, 6) is 0. The van der Waals surface area contributed by atoms with E-state index in [1.54, 1.807) is 0 Å². The average Bonchev–Trinajstić information content (AvgIpc) is 2.24. The third kappa shape index (κ3) is 2.96. The third-order valence-electron chi connectivity index (χ3n) is 3.38. The van der Waals surface area contributed by atoms with Crippen LogP contribution in [0.15, 0.2) is 0 Å². The van der Waals surface area contributed by atoms with E-state index in [0.29, 0.717) is 17.5 Å². The van der Waals surface area contributed by atoms with Gasteiger partial charge in [0.2, 0.25) is 0 Å². The van der Waals surface area contributed by atoms with Crippen LogP contribution < -0.4 is 5.32 Å². The van der Waals surface area contributed by atoms with Gasteiger partial charge >= 0.3 is 0 Å². The Morgan fingerprint density at radius 3 is 2.71 bits per heavy atom. The molecule has 84 valence electrons. The number of nitrogens with one attached hydrogen (secondary N) is 1. The quantitative estimate of drug-likeness (QED) is 0.731. The molecule has 1 rings (SSSR count). The van der Waals surface area contributed by atoms with E-state index >= 15 is 0 Å². The van der Waals surface area contributed by atoms with Crippen molar-refractivity contribution < 1.29 is 0 Å². The molecule has 1 heterocycles. The van der Waals surface area contributed by atoms with Gasteiger partial charge in [0.15, 0.2) is 0 Å². The first-order valence-electron chi connectivity index (χ1n) is 5.93. The highest BCUT2D eigenvalue weighted by Gasteiger charge is 2.30. The van der Waals surface area contributed by atoms with Crippen LogP contribution in [0.4, 0.5) is 0 Å². The SMILES string of the molecule is CCC(C)N1CC(C)(C)CNCC1C. The topological polar surface area (TPSA) is 15.3 Å². The minimum atomic E-state index is 0.411. The molecule has 0 aromatic heterocycles. The first-order chi connectivity index (χ1) is 6.46. The lowest BCUT2D eigenvalue weighted by Crippen LogP contribution is -2.45. The molecule has 2 atom stereocenters. The Labute approximate surface area is 89.1 Å². The average molecular weight is 198 g/mol. The van der Waals surface area contributed by atoms with Crippen molar-refractivity contribution in [2.75, 3.05) is 19.6 Å². The normalized spacial score (nSPS) is 31.1. The van der Waals surface area contributed by atoms with Gasteiger partial charge in [0, 0.05) is 31.7 Å². The van der Waals surface area contributed by atoms with Gasteiger partial charge in [0.05, 0.1) is 0 Å². The van der Waals surface area contributed by atoms with Gasteiger partial charge in [-0.15, -0.1) is 0 Å². The number of rotatable bonds is 2. The maximum Gasteiger partial charge on any atom is 0.0195 e. The molecule has 14 heavy (non-hydrogen) atoms. The molecule has 2 heteroatoms. The molecule has 0 aromatic rings. The predicted molar refractivity (Wildman–Crippen MR) is 62.6 cm³/mol. The summed E-state index contributed by atoms with van der Waals surface area (Å²) in [5, 5.41) is 3.55. The Balaban J connectivity index is 2.68. The first-order valence-corrected chi connectivity index (χ1v) is 5.93. The molecular weight excluding hydrogens is 172 g/mol. The molecule has 1 N–H and O–H groups in total. The molecule has 0 amide bonds. The highest BCUT2D eigenvalue weighted by molar-refractivity contribution is 4.86. The monoisotopic (exact) mass is 198 g/mol. The van der Waals surface area contributed by atoms with Crippen LogP contribution in [0.2, 0.25) is 0 Å². The smallest absolute Gasteiger partial charge is 0.0195 e. The van der Waals surface area contributed by atoms with Crippen LogP contribution in [0.25, 0.3) is 0 Å². The third-order valence-corrected chi connectivity index (χ3v) is 3.38. The molecular formula is C12H26N2. The second-order valence-electron chi connectivity index (χ2n) is 5.57. The van der Waals surface area contributed by atoms with Crippen molar-refractivity contribution in [2.24, 2.45) is 5.41 Å². The summed E-state index contributed by atoms with van der Waals surface area (Å²) in [6.07, 6.45) is 1.25. The second kappa shape index (κ2) is 4.63. The van der Waals surface area contributed by atoms with Gasteiger partial charge in [0.1, 0.15) is 0 Å². The van der Waals surface area contributed by atoms with E-state index in [1.807, 2.05) is 0 Å². The van der Waals surface area contributed by atoms with Crippen LogP contribution in [0.5, 0.6) is 0 Å². The minimum Gasteiger partial charge on any atom is -0.315 e. The highest BCUT2D eigenvalue weighted by atomic mass is 15.2. The van der Waals surface area contributed by atoms with Gasteiger partial charge in [-0.3, -0.25) is 4.90 Å². The fraction of sp³-hybridized carbons (Fsp3) is 1.00. The van der Waals surface area contributed by atoms with Gasteiger partial charge in [0.25, 0.3) is 0 Å². The van der Waals surface area contributed by atoms with E-state index in [4.69, 9.17) is 0 Å². The van der Waals surface area contributed by atoms with Crippen LogP contribution in [-0.2, 0) is 0 Å². The van der Waals surface area contributed by atoms with E-state index in [-0.39, 0.29) is 0 Å². The lowest BCUT2D eigenvalue weighted by Gasteiger charge is -2.36. The van der Waals surface area contributed by atoms with Gasteiger partial charge in [-0.25, -0.2) is 0 Å². The zero-order chi connectivity index (χ0) is 10.8. The second-order valence-corrected chi connectivity index (χ2v) is 5.57. The molecule has 0 bridgehead atoms. The summed E-state index contributed by atoms with van der Waals surface area (Å²) < 4.78 is 0. The first kappa shape index (κ1) is 12.0. The number of hydrogen-bond acceptors (Lipinski definition) is 2. The van der Waals surface area contributed by atoms with Crippen LogP contribution in [0, 0.1) is 5.41 Å². The lowest BCUT2D eigenvalue weighted by atomic mass is 9.92. The Bertz CT molecular complexity index is 177. The summed E-state index contributed by atoms with van der Waals surface area (Å²) in [6.45, 7) is 15.2. The zero-order valence-corrected chi connectivity index (χ0v) is 10.4. The maximum absolute atomic E-state index is 3.55.